The van der Waals surface area contributed by atoms with E-state index in [0.717, 1.165) is 12.8 Å². The Balaban J connectivity index is 0.000001000. The predicted octanol–water partition coefficient (Wildman–Crippen LogP) is 1.71. The van der Waals surface area contributed by atoms with Crippen molar-refractivity contribution in [3.63, 3.8) is 0 Å². The number of hydrogen-bond donors (Lipinski definition) is 1. The van der Waals surface area contributed by atoms with Gasteiger partial charge in [-0.15, -0.1) is 12.4 Å². The monoisotopic (exact) mass is 179 g/mol. The summed E-state index contributed by atoms with van der Waals surface area (Å²) in [5.74, 6) is 0. The van der Waals surface area contributed by atoms with Gasteiger partial charge in [0.15, 0.2) is 0 Å². The number of rotatable bonds is 1. The lowest BCUT2D eigenvalue weighted by atomic mass is 10.1. The fourth-order valence-electron chi connectivity index (χ4n) is 1.59. The van der Waals surface area contributed by atoms with Crippen LogP contribution in [0.4, 0.5) is 0 Å². The summed E-state index contributed by atoms with van der Waals surface area (Å²) in [6.07, 6.45) is 6.50. The van der Waals surface area contributed by atoms with Gasteiger partial charge in [-0.3, -0.25) is 0 Å². The summed E-state index contributed by atoms with van der Waals surface area (Å²) in [6.45, 7) is 0. The largest absolute Gasteiger partial charge is 0.380 e. The third-order valence-corrected chi connectivity index (χ3v) is 2.31. The summed E-state index contributed by atoms with van der Waals surface area (Å²) in [7, 11) is 1.76. The Bertz CT molecular complexity index is 100. The molecule has 0 spiro atoms. The van der Waals surface area contributed by atoms with Crippen molar-refractivity contribution >= 4 is 12.4 Å². The molecule has 2 unspecified atom stereocenters. The van der Waals surface area contributed by atoms with E-state index < -0.39 is 0 Å². The number of halogens is 1. The van der Waals surface area contributed by atoms with Crippen LogP contribution in [-0.2, 0) is 4.74 Å². The lowest BCUT2D eigenvalue weighted by molar-refractivity contribution is 0.0751. The van der Waals surface area contributed by atoms with E-state index >= 15 is 0 Å². The second kappa shape index (κ2) is 5.81. The van der Waals surface area contributed by atoms with Crippen LogP contribution >= 0.6 is 12.4 Å². The molecule has 68 valence electrons. The van der Waals surface area contributed by atoms with Crippen molar-refractivity contribution < 1.29 is 4.74 Å². The maximum absolute atomic E-state index is 5.86. The minimum Gasteiger partial charge on any atom is -0.380 e. The molecule has 2 N–H and O–H groups in total. The van der Waals surface area contributed by atoms with Gasteiger partial charge in [-0.05, 0) is 12.8 Å². The van der Waals surface area contributed by atoms with E-state index in [1.54, 1.807) is 7.11 Å². The minimum absolute atomic E-state index is 0. The average Bonchev–Trinajstić information content (AvgIpc) is 2.13. The molecular formula is C8H18ClNO. The molecule has 0 radical (unpaired) electrons. The van der Waals surface area contributed by atoms with E-state index in [4.69, 9.17) is 10.5 Å². The van der Waals surface area contributed by atoms with E-state index in [-0.39, 0.29) is 18.4 Å². The topological polar surface area (TPSA) is 35.2 Å². The van der Waals surface area contributed by atoms with Gasteiger partial charge in [0.1, 0.15) is 0 Å². The maximum Gasteiger partial charge on any atom is 0.0722 e. The van der Waals surface area contributed by atoms with E-state index in [0.29, 0.717) is 6.10 Å². The first-order chi connectivity index (χ1) is 4.84. The van der Waals surface area contributed by atoms with Crippen molar-refractivity contribution in [3.05, 3.63) is 0 Å². The van der Waals surface area contributed by atoms with Gasteiger partial charge in [-0.1, -0.05) is 19.3 Å². The van der Waals surface area contributed by atoms with Crippen molar-refractivity contribution in [1.82, 2.24) is 0 Å². The summed E-state index contributed by atoms with van der Waals surface area (Å²) in [5.41, 5.74) is 5.86. The minimum atomic E-state index is 0. The van der Waals surface area contributed by atoms with Gasteiger partial charge < -0.3 is 10.5 Å². The molecule has 0 heterocycles. The lowest BCUT2D eigenvalue weighted by Crippen LogP contribution is -2.34. The number of hydrogen-bond acceptors (Lipinski definition) is 2. The molecule has 0 bridgehead atoms. The van der Waals surface area contributed by atoms with Crippen LogP contribution in [0, 0.1) is 0 Å². The normalized spacial score (nSPS) is 32.2. The van der Waals surface area contributed by atoms with Crippen LogP contribution in [0.25, 0.3) is 0 Å². The average molecular weight is 180 g/mol. The summed E-state index contributed by atoms with van der Waals surface area (Å²) in [6, 6.07) is 0.285. The van der Waals surface area contributed by atoms with Crippen molar-refractivity contribution in [2.24, 2.45) is 5.73 Å². The highest BCUT2D eigenvalue weighted by Gasteiger charge is 2.18. The number of methoxy groups -OCH3 is 1. The molecule has 0 saturated heterocycles. The number of ether oxygens (including phenoxy) is 1. The van der Waals surface area contributed by atoms with Gasteiger partial charge in [-0.25, -0.2) is 0 Å². The first kappa shape index (κ1) is 11.2. The Morgan fingerprint density at radius 2 is 1.82 bits per heavy atom. The van der Waals surface area contributed by atoms with Crippen LogP contribution in [0.1, 0.15) is 32.1 Å². The van der Waals surface area contributed by atoms with E-state index in [1.165, 1.54) is 19.3 Å². The maximum atomic E-state index is 5.86. The Kier molecular flexibility index (Phi) is 5.92. The molecule has 0 aromatic carbocycles. The van der Waals surface area contributed by atoms with Crippen molar-refractivity contribution in [2.75, 3.05) is 7.11 Å². The standard InChI is InChI=1S/C8H17NO.ClH/c1-10-8-6-4-2-3-5-7(8)9;/h7-8H,2-6,9H2,1H3;1H. The first-order valence-electron chi connectivity index (χ1n) is 4.13. The quantitative estimate of drug-likeness (QED) is 0.623. The third-order valence-electron chi connectivity index (χ3n) is 2.31. The Morgan fingerprint density at radius 3 is 2.45 bits per heavy atom. The fourth-order valence-corrected chi connectivity index (χ4v) is 1.59. The molecule has 0 aromatic heterocycles. The molecule has 1 saturated carbocycles. The molecule has 1 aliphatic rings. The van der Waals surface area contributed by atoms with Crippen LogP contribution in [0.3, 0.4) is 0 Å². The zero-order chi connectivity index (χ0) is 7.40. The smallest absolute Gasteiger partial charge is 0.0722 e. The molecule has 2 nitrogen and oxygen atoms in total. The molecule has 1 fully saturated rings. The zero-order valence-corrected chi connectivity index (χ0v) is 7.90. The summed E-state index contributed by atoms with van der Waals surface area (Å²) in [4.78, 5) is 0. The van der Waals surface area contributed by atoms with Gasteiger partial charge in [0.05, 0.1) is 6.10 Å². The Labute approximate surface area is 74.9 Å². The molecular weight excluding hydrogens is 162 g/mol. The summed E-state index contributed by atoms with van der Waals surface area (Å²) < 4.78 is 5.26. The molecule has 3 heteroatoms. The van der Waals surface area contributed by atoms with Crippen molar-refractivity contribution in [1.29, 1.82) is 0 Å². The Morgan fingerprint density at radius 1 is 1.18 bits per heavy atom. The third kappa shape index (κ3) is 3.41. The van der Waals surface area contributed by atoms with Gasteiger partial charge in [-0.2, -0.15) is 0 Å². The van der Waals surface area contributed by atoms with Crippen LogP contribution < -0.4 is 5.73 Å². The molecule has 11 heavy (non-hydrogen) atoms. The van der Waals surface area contributed by atoms with E-state index in [9.17, 15) is 0 Å². The van der Waals surface area contributed by atoms with Crippen molar-refractivity contribution in [3.8, 4) is 0 Å². The molecule has 2 atom stereocenters. The molecule has 0 aromatic rings. The molecule has 0 amide bonds. The van der Waals surface area contributed by atoms with E-state index in [1.807, 2.05) is 0 Å². The highest BCUT2D eigenvalue weighted by atomic mass is 35.5. The van der Waals surface area contributed by atoms with Gasteiger partial charge in [0.25, 0.3) is 0 Å². The van der Waals surface area contributed by atoms with Crippen LogP contribution in [-0.4, -0.2) is 19.3 Å². The Hall–Kier alpha value is 0.210. The van der Waals surface area contributed by atoms with Crippen LogP contribution in [0.15, 0.2) is 0 Å². The van der Waals surface area contributed by atoms with Crippen molar-refractivity contribution in [2.45, 2.75) is 44.2 Å². The molecule has 0 aliphatic heterocycles. The lowest BCUT2D eigenvalue weighted by Gasteiger charge is -2.18. The predicted molar refractivity (Wildman–Crippen MR) is 49.1 cm³/mol. The highest BCUT2D eigenvalue weighted by Crippen LogP contribution is 2.18. The fraction of sp³-hybridized carbons (Fsp3) is 1.00. The zero-order valence-electron chi connectivity index (χ0n) is 7.08. The highest BCUT2D eigenvalue weighted by molar-refractivity contribution is 5.85. The molecule has 1 rings (SSSR count). The van der Waals surface area contributed by atoms with Crippen LogP contribution in [0.5, 0.6) is 0 Å². The molecule has 1 aliphatic carbocycles. The summed E-state index contributed by atoms with van der Waals surface area (Å²) >= 11 is 0. The van der Waals surface area contributed by atoms with Gasteiger partial charge in [0, 0.05) is 13.2 Å². The van der Waals surface area contributed by atoms with E-state index in [2.05, 4.69) is 0 Å². The van der Waals surface area contributed by atoms with Gasteiger partial charge >= 0.3 is 0 Å². The second-order valence-corrected chi connectivity index (χ2v) is 3.08. The van der Waals surface area contributed by atoms with Gasteiger partial charge in [0.2, 0.25) is 0 Å². The first-order valence-corrected chi connectivity index (χ1v) is 4.13. The SMILES string of the molecule is COC1CCCCCC1N.Cl. The number of nitrogens with two attached hydrogens (primary N) is 1. The second-order valence-electron chi connectivity index (χ2n) is 3.08. The summed E-state index contributed by atoms with van der Waals surface area (Å²) in [5, 5.41) is 0. The van der Waals surface area contributed by atoms with Crippen LogP contribution in [0.2, 0.25) is 0 Å².